The second-order valence-electron chi connectivity index (χ2n) is 6.56. The number of ether oxygens (including phenoxy) is 1. The van der Waals surface area contributed by atoms with E-state index in [0.717, 1.165) is 32.8 Å². The van der Waals surface area contributed by atoms with Gasteiger partial charge >= 0.3 is 0 Å². The molecule has 2 rings (SSSR count). The lowest BCUT2D eigenvalue weighted by Gasteiger charge is -2.33. The van der Waals surface area contributed by atoms with Gasteiger partial charge in [0, 0.05) is 25.3 Å². The van der Waals surface area contributed by atoms with E-state index < -0.39 is 0 Å². The van der Waals surface area contributed by atoms with E-state index in [-0.39, 0.29) is 11.5 Å². The Morgan fingerprint density at radius 1 is 1.30 bits per heavy atom. The molecule has 0 bridgehead atoms. The molecule has 3 nitrogen and oxygen atoms in total. The third-order valence-electron chi connectivity index (χ3n) is 3.93. The standard InChI is InChI=1S/C17H28N2O/c1-5-19-10-11-20-14(13-19)12-18-16-9-7-6-8-15(16)17(2,3)4/h6-9,14,18H,5,10-13H2,1-4H3. The van der Waals surface area contributed by atoms with Gasteiger partial charge in [-0.1, -0.05) is 45.9 Å². The summed E-state index contributed by atoms with van der Waals surface area (Å²) < 4.78 is 5.85. The molecular formula is C17H28N2O. The molecule has 1 fully saturated rings. The Bertz CT molecular complexity index is 425. The molecule has 1 aromatic rings. The van der Waals surface area contributed by atoms with Crippen LogP contribution in [-0.2, 0) is 10.2 Å². The number of benzene rings is 1. The van der Waals surface area contributed by atoms with Crippen molar-refractivity contribution in [3.05, 3.63) is 29.8 Å². The van der Waals surface area contributed by atoms with Crippen LogP contribution in [0.1, 0.15) is 33.3 Å². The van der Waals surface area contributed by atoms with Crippen LogP contribution in [0.25, 0.3) is 0 Å². The lowest BCUT2D eigenvalue weighted by molar-refractivity contribution is -0.0191. The lowest BCUT2D eigenvalue weighted by Crippen LogP contribution is -2.45. The van der Waals surface area contributed by atoms with Crippen LogP contribution in [0, 0.1) is 0 Å². The van der Waals surface area contributed by atoms with Crippen molar-refractivity contribution in [2.24, 2.45) is 0 Å². The molecule has 0 aromatic heterocycles. The topological polar surface area (TPSA) is 24.5 Å². The largest absolute Gasteiger partial charge is 0.382 e. The fraction of sp³-hybridized carbons (Fsp3) is 0.647. The van der Waals surface area contributed by atoms with Crippen LogP contribution in [0.3, 0.4) is 0 Å². The summed E-state index contributed by atoms with van der Waals surface area (Å²) in [7, 11) is 0. The van der Waals surface area contributed by atoms with Crippen LogP contribution in [0.4, 0.5) is 5.69 Å². The molecule has 1 aliphatic heterocycles. The quantitative estimate of drug-likeness (QED) is 0.914. The third-order valence-corrected chi connectivity index (χ3v) is 3.93. The van der Waals surface area contributed by atoms with Crippen molar-refractivity contribution in [1.29, 1.82) is 0 Å². The number of morpholine rings is 1. The number of anilines is 1. The SMILES string of the molecule is CCN1CCOC(CNc2ccccc2C(C)(C)C)C1. The molecule has 1 aliphatic rings. The third kappa shape index (κ3) is 3.97. The number of nitrogens with one attached hydrogen (secondary N) is 1. The summed E-state index contributed by atoms with van der Waals surface area (Å²) in [6.45, 7) is 13.9. The first-order chi connectivity index (χ1) is 9.50. The molecule has 20 heavy (non-hydrogen) atoms. The summed E-state index contributed by atoms with van der Waals surface area (Å²) >= 11 is 0. The molecule has 1 unspecified atom stereocenters. The van der Waals surface area contributed by atoms with Crippen LogP contribution in [0.15, 0.2) is 24.3 Å². The zero-order valence-corrected chi connectivity index (χ0v) is 13.3. The summed E-state index contributed by atoms with van der Waals surface area (Å²) in [5.74, 6) is 0. The van der Waals surface area contributed by atoms with Gasteiger partial charge in [0.15, 0.2) is 0 Å². The lowest BCUT2D eigenvalue weighted by atomic mass is 9.86. The van der Waals surface area contributed by atoms with Crippen molar-refractivity contribution in [2.45, 2.75) is 39.2 Å². The number of hydrogen-bond donors (Lipinski definition) is 1. The number of para-hydroxylation sites is 1. The Kier molecular flexibility index (Phi) is 5.06. The minimum Gasteiger partial charge on any atom is -0.382 e. The Balaban J connectivity index is 1.97. The highest BCUT2D eigenvalue weighted by molar-refractivity contribution is 5.54. The van der Waals surface area contributed by atoms with Gasteiger partial charge in [0.1, 0.15) is 0 Å². The zero-order chi connectivity index (χ0) is 14.6. The first-order valence-electron chi connectivity index (χ1n) is 7.68. The highest BCUT2D eigenvalue weighted by Gasteiger charge is 2.21. The fourth-order valence-corrected chi connectivity index (χ4v) is 2.71. The molecule has 1 heterocycles. The van der Waals surface area contributed by atoms with Gasteiger partial charge in [-0.15, -0.1) is 0 Å². The maximum absolute atomic E-state index is 5.85. The Morgan fingerprint density at radius 2 is 2.05 bits per heavy atom. The van der Waals surface area contributed by atoms with Crippen molar-refractivity contribution < 1.29 is 4.74 Å². The van der Waals surface area contributed by atoms with E-state index >= 15 is 0 Å². The molecule has 0 saturated carbocycles. The van der Waals surface area contributed by atoms with Crippen molar-refractivity contribution in [1.82, 2.24) is 4.90 Å². The minimum atomic E-state index is 0.159. The van der Waals surface area contributed by atoms with E-state index in [1.165, 1.54) is 11.3 Å². The molecule has 0 aliphatic carbocycles. The molecule has 0 amide bonds. The highest BCUT2D eigenvalue weighted by Crippen LogP contribution is 2.29. The normalized spacial score (nSPS) is 20.9. The molecule has 0 radical (unpaired) electrons. The van der Waals surface area contributed by atoms with Crippen molar-refractivity contribution in [3.8, 4) is 0 Å². The van der Waals surface area contributed by atoms with E-state index in [1.807, 2.05) is 0 Å². The molecule has 1 atom stereocenters. The number of nitrogens with zero attached hydrogens (tertiary/aromatic N) is 1. The number of hydrogen-bond acceptors (Lipinski definition) is 3. The van der Waals surface area contributed by atoms with Crippen molar-refractivity contribution in [3.63, 3.8) is 0 Å². The van der Waals surface area contributed by atoms with Crippen LogP contribution in [0.2, 0.25) is 0 Å². The first-order valence-corrected chi connectivity index (χ1v) is 7.68. The monoisotopic (exact) mass is 276 g/mol. The summed E-state index contributed by atoms with van der Waals surface area (Å²) in [4.78, 5) is 2.45. The van der Waals surface area contributed by atoms with Gasteiger partial charge in [-0.2, -0.15) is 0 Å². The van der Waals surface area contributed by atoms with Crippen LogP contribution in [0.5, 0.6) is 0 Å². The van der Waals surface area contributed by atoms with E-state index in [1.54, 1.807) is 0 Å². The van der Waals surface area contributed by atoms with Gasteiger partial charge in [0.25, 0.3) is 0 Å². The zero-order valence-electron chi connectivity index (χ0n) is 13.3. The summed E-state index contributed by atoms with van der Waals surface area (Å²) in [5.41, 5.74) is 2.76. The molecule has 112 valence electrons. The minimum absolute atomic E-state index is 0.159. The summed E-state index contributed by atoms with van der Waals surface area (Å²) in [6.07, 6.45) is 0.289. The molecule has 1 saturated heterocycles. The van der Waals surface area contributed by atoms with Gasteiger partial charge in [-0.3, -0.25) is 4.90 Å². The van der Waals surface area contributed by atoms with E-state index in [0.29, 0.717) is 0 Å². The predicted octanol–water partition coefficient (Wildman–Crippen LogP) is 3.12. The van der Waals surface area contributed by atoms with Crippen molar-refractivity contribution >= 4 is 5.69 Å². The first kappa shape index (κ1) is 15.3. The highest BCUT2D eigenvalue weighted by atomic mass is 16.5. The molecule has 0 spiro atoms. The predicted molar refractivity (Wildman–Crippen MR) is 85.5 cm³/mol. The van der Waals surface area contributed by atoms with Gasteiger partial charge in [0.05, 0.1) is 12.7 Å². The van der Waals surface area contributed by atoms with Gasteiger partial charge < -0.3 is 10.1 Å². The van der Waals surface area contributed by atoms with Gasteiger partial charge in [-0.25, -0.2) is 0 Å². The molecular weight excluding hydrogens is 248 g/mol. The Labute approximate surface area is 123 Å². The maximum atomic E-state index is 5.85. The van der Waals surface area contributed by atoms with E-state index in [2.05, 4.69) is 62.2 Å². The van der Waals surface area contributed by atoms with Crippen molar-refractivity contribution in [2.75, 3.05) is 38.1 Å². The average Bonchev–Trinajstić information content (AvgIpc) is 2.44. The molecule has 1 aromatic carbocycles. The fourth-order valence-electron chi connectivity index (χ4n) is 2.71. The Hall–Kier alpha value is -1.06. The van der Waals surface area contributed by atoms with Crippen LogP contribution >= 0.6 is 0 Å². The Morgan fingerprint density at radius 3 is 2.75 bits per heavy atom. The van der Waals surface area contributed by atoms with Crippen LogP contribution < -0.4 is 5.32 Å². The second kappa shape index (κ2) is 6.59. The second-order valence-corrected chi connectivity index (χ2v) is 6.56. The molecule has 3 heteroatoms. The van der Waals surface area contributed by atoms with E-state index in [9.17, 15) is 0 Å². The summed E-state index contributed by atoms with van der Waals surface area (Å²) in [5, 5.41) is 3.58. The number of likely N-dealkylation sites (N-methyl/N-ethyl adjacent to an activating group) is 1. The van der Waals surface area contributed by atoms with E-state index in [4.69, 9.17) is 4.74 Å². The van der Waals surface area contributed by atoms with Gasteiger partial charge in [-0.05, 0) is 23.6 Å². The van der Waals surface area contributed by atoms with Gasteiger partial charge in [0.2, 0.25) is 0 Å². The average molecular weight is 276 g/mol. The molecule has 1 N–H and O–H groups in total. The summed E-state index contributed by atoms with van der Waals surface area (Å²) in [6, 6.07) is 8.59. The number of rotatable bonds is 4. The smallest absolute Gasteiger partial charge is 0.0874 e. The maximum Gasteiger partial charge on any atom is 0.0874 e. The van der Waals surface area contributed by atoms with Crippen LogP contribution in [-0.4, -0.2) is 43.8 Å².